The molecular weight excluding hydrogens is 284 g/mol. The van der Waals surface area contributed by atoms with E-state index >= 15 is 0 Å². The van der Waals surface area contributed by atoms with E-state index in [0.717, 1.165) is 13.0 Å². The van der Waals surface area contributed by atoms with Crippen LogP contribution >= 0.6 is 0 Å². The van der Waals surface area contributed by atoms with Gasteiger partial charge in [0.25, 0.3) is 0 Å². The Labute approximate surface area is 140 Å². The summed E-state index contributed by atoms with van der Waals surface area (Å²) in [6, 6.07) is 11.6. The number of carbonyl (C=O) groups is 1. The van der Waals surface area contributed by atoms with Gasteiger partial charge in [-0.15, -0.1) is 0 Å². The Morgan fingerprint density at radius 3 is 2.48 bits per heavy atom. The fraction of sp³-hybridized carbons (Fsp3) is 0.650. The average molecular weight is 314 g/mol. The molecule has 3 rings (SSSR count). The lowest BCUT2D eigenvalue weighted by molar-refractivity contribution is -0.123. The Kier molecular flexibility index (Phi) is 6.09. The normalized spacial score (nSPS) is 23.6. The summed E-state index contributed by atoms with van der Waals surface area (Å²) in [6.45, 7) is 1.64. The van der Waals surface area contributed by atoms with Crippen LogP contribution in [0.5, 0.6) is 0 Å². The lowest BCUT2D eigenvalue weighted by Gasteiger charge is -2.25. The predicted molar refractivity (Wildman–Crippen MR) is 94.4 cm³/mol. The molecular formula is C20H30N2O. The standard InChI is InChI=1S/C20H30N2O/c23-20(21-18-11-6-1-2-7-12-18)16-22-14-8-13-19(22)15-17-9-4-3-5-10-17/h3-5,9-10,18-19H,1-2,6-8,11-16H2,(H,21,23). The van der Waals surface area contributed by atoms with Gasteiger partial charge in [-0.05, 0) is 44.2 Å². The Morgan fingerprint density at radius 2 is 1.74 bits per heavy atom. The Balaban J connectivity index is 1.48. The zero-order chi connectivity index (χ0) is 15.9. The first-order valence-electron chi connectivity index (χ1n) is 9.38. The molecule has 1 aliphatic heterocycles. The summed E-state index contributed by atoms with van der Waals surface area (Å²) in [5, 5.41) is 3.29. The molecule has 2 aliphatic rings. The second-order valence-corrected chi connectivity index (χ2v) is 7.21. The highest BCUT2D eigenvalue weighted by Gasteiger charge is 2.27. The highest BCUT2D eigenvalue weighted by atomic mass is 16.2. The number of amides is 1. The third-order valence-corrected chi connectivity index (χ3v) is 5.38. The smallest absolute Gasteiger partial charge is 0.234 e. The summed E-state index contributed by atoms with van der Waals surface area (Å²) in [6.07, 6.45) is 11.0. The lowest BCUT2D eigenvalue weighted by atomic mass is 10.0. The van der Waals surface area contributed by atoms with E-state index in [1.807, 2.05) is 0 Å². The van der Waals surface area contributed by atoms with Crippen LogP contribution < -0.4 is 5.32 Å². The van der Waals surface area contributed by atoms with E-state index in [9.17, 15) is 4.79 Å². The minimum atomic E-state index is 0.233. The van der Waals surface area contributed by atoms with Crippen molar-refractivity contribution in [3.8, 4) is 0 Å². The van der Waals surface area contributed by atoms with Crippen molar-refractivity contribution < 1.29 is 4.79 Å². The second kappa shape index (κ2) is 8.49. The largest absolute Gasteiger partial charge is 0.352 e. The zero-order valence-corrected chi connectivity index (χ0v) is 14.2. The van der Waals surface area contributed by atoms with Crippen LogP contribution in [0.2, 0.25) is 0 Å². The minimum absolute atomic E-state index is 0.233. The van der Waals surface area contributed by atoms with Crippen LogP contribution in [-0.4, -0.2) is 36.0 Å². The number of hydrogen-bond acceptors (Lipinski definition) is 2. The molecule has 1 N–H and O–H groups in total. The van der Waals surface area contributed by atoms with Crippen LogP contribution in [0, 0.1) is 0 Å². The van der Waals surface area contributed by atoms with Gasteiger partial charge in [0, 0.05) is 12.1 Å². The quantitative estimate of drug-likeness (QED) is 0.843. The van der Waals surface area contributed by atoms with Crippen LogP contribution in [0.1, 0.15) is 56.9 Å². The number of likely N-dealkylation sites (tertiary alicyclic amines) is 1. The van der Waals surface area contributed by atoms with Gasteiger partial charge in [0.2, 0.25) is 5.91 Å². The van der Waals surface area contributed by atoms with Gasteiger partial charge in [0.15, 0.2) is 0 Å². The molecule has 2 fully saturated rings. The third-order valence-electron chi connectivity index (χ3n) is 5.38. The Morgan fingerprint density at radius 1 is 1.00 bits per heavy atom. The number of nitrogens with one attached hydrogen (secondary N) is 1. The first-order chi connectivity index (χ1) is 11.3. The summed E-state index contributed by atoms with van der Waals surface area (Å²) >= 11 is 0. The van der Waals surface area contributed by atoms with Crippen LogP contribution in [0.15, 0.2) is 30.3 Å². The van der Waals surface area contributed by atoms with Crippen molar-refractivity contribution in [1.82, 2.24) is 10.2 Å². The third kappa shape index (κ3) is 5.07. The van der Waals surface area contributed by atoms with Crippen molar-refractivity contribution in [2.45, 2.75) is 69.9 Å². The van der Waals surface area contributed by atoms with Crippen molar-refractivity contribution >= 4 is 5.91 Å². The SMILES string of the molecule is O=C(CN1CCCC1Cc1ccccc1)NC1CCCCCC1. The first-order valence-corrected chi connectivity index (χ1v) is 9.38. The molecule has 126 valence electrons. The van der Waals surface area contributed by atoms with Gasteiger partial charge in [0.05, 0.1) is 6.54 Å². The maximum Gasteiger partial charge on any atom is 0.234 e. The molecule has 3 heteroatoms. The summed E-state index contributed by atoms with van der Waals surface area (Å²) in [4.78, 5) is 14.8. The number of rotatable bonds is 5. The molecule has 1 heterocycles. The topological polar surface area (TPSA) is 32.3 Å². The molecule has 0 radical (unpaired) electrons. The van der Waals surface area contributed by atoms with Crippen molar-refractivity contribution in [3.63, 3.8) is 0 Å². The highest BCUT2D eigenvalue weighted by Crippen LogP contribution is 2.21. The predicted octanol–water partition coefficient (Wildman–Crippen LogP) is 3.53. The van der Waals surface area contributed by atoms with Gasteiger partial charge < -0.3 is 5.32 Å². The molecule has 0 spiro atoms. The number of hydrogen-bond donors (Lipinski definition) is 1. The van der Waals surface area contributed by atoms with Crippen LogP contribution in [0.3, 0.4) is 0 Å². The van der Waals surface area contributed by atoms with Crippen molar-refractivity contribution in [2.24, 2.45) is 0 Å². The Bertz CT molecular complexity index is 480. The zero-order valence-electron chi connectivity index (χ0n) is 14.2. The summed E-state index contributed by atoms with van der Waals surface area (Å²) in [5.41, 5.74) is 1.38. The van der Waals surface area contributed by atoms with E-state index < -0.39 is 0 Å². The lowest BCUT2D eigenvalue weighted by Crippen LogP contribution is -2.44. The molecule has 0 aromatic heterocycles. The second-order valence-electron chi connectivity index (χ2n) is 7.21. The van der Waals surface area contributed by atoms with Gasteiger partial charge in [-0.1, -0.05) is 56.0 Å². The van der Waals surface area contributed by atoms with E-state index in [-0.39, 0.29) is 5.91 Å². The minimum Gasteiger partial charge on any atom is -0.352 e. The fourth-order valence-corrected chi connectivity index (χ4v) is 4.10. The Hall–Kier alpha value is -1.35. The van der Waals surface area contributed by atoms with Crippen LogP contribution in [0.4, 0.5) is 0 Å². The van der Waals surface area contributed by atoms with Crippen molar-refractivity contribution in [3.05, 3.63) is 35.9 Å². The monoisotopic (exact) mass is 314 g/mol. The molecule has 1 unspecified atom stereocenters. The molecule has 1 atom stereocenters. The maximum absolute atomic E-state index is 12.4. The summed E-state index contributed by atoms with van der Waals surface area (Å²) < 4.78 is 0. The van der Waals surface area contributed by atoms with E-state index in [1.165, 1.54) is 56.9 Å². The van der Waals surface area contributed by atoms with Gasteiger partial charge >= 0.3 is 0 Å². The van der Waals surface area contributed by atoms with Gasteiger partial charge in [-0.25, -0.2) is 0 Å². The number of benzene rings is 1. The van der Waals surface area contributed by atoms with Gasteiger partial charge in [-0.3, -0.25) is 9.69 Å². The fourth-order valence-electron chi connectivity index (χ4n) is 4.10. The van der Waals surface area contributed by atoms with Crippen molar-refractivity contribution in [2.75, 3.05) is 13.1 Å². The van der Waals surface area contributed by atoms with Crippen LogP contribution in [-0.2, 0) is 11.2 Å². The molecule has 1 aliphatic carbocycles. The number of carbonyl (C=O) groups excluding carboxylic acids is 1. The van der Waals surface area contributed by atoms with E-state index in [0.29, 0.717) is 18.6 Å². The maximum atomic E-state index is 12.4. The van der Waals surface area contributed by atoms with Crippen LogP contribution in [0.25, 0.3) is 0 Å². The first kappa shape index (κ1) is 16.5. The van der Waals surface area contributed by atoms with Gasteiger partial charge in [0.1, 0.15) is 0 Å². The number of nitrogens with zero attached hydrogens (tertiary/aromatic N) is 1. The molecule has 23 heavy (non-hydrogen) atoms. The van der Waals surface area contributed by atoms with Crippen molar-refractivity contribution in [1.29, 1.82) is 0 Å². The van der Waals surface area contributed by atoms with E-state index in [2.05, 4.69) is 40.5 Å². The molecule has 0 bridgehead atoms. The summed E-state index contributed by atoms with van der Waals surface area (Å²) in [5.74, 6) is 0.233. The molecule has 1 amide bonds. The average Bonchev–Trinajstić information content (AvgIpc) is 2.82. The van der Waals surface area contributed by atoms with E-state index in [4.69, 9.17) is 0 Å². The molecule has 3 nitrogen and oxygen atoms in total. The molecule has 1 saturated carbocycles. The molecule has 1 aromatic rings. The van der Waals surface area contributed by atoms with Gasteiger partial charge in [-0.2, -0.15) is 0 Å². The molecule has 1 aromatic carbocycles. The highest BCUT2D eigenvalue weighted by molar-refractivity contribution is 5.78. The van der Waals surface area contributed by atoms with E-state index in [1.54, 1.807) is 0 Å². The molecule has 1 saturated heterocycles. The summed E-state index contributed by atoms with van der Waals surface area (Å²) in [7, 11) is 0.